The third-order valence-electron chi connectivity index (χ3n) is 4.12. The van der Waals surface area contributed by atoms with E-state index in [1.807, 2.05) is 0 Å². The summed E-state index contributed by atoms with van der Waals surface area (Å²) in [5, 5.41) is 12.9. The Kier molecular flexibility index (Phi) is 3.69. The predicted octanol–water partition coefficient (Wildman–Crippen LogP) is 2.67. The van der Waals surface area contributed by atoms with Crippen molar-refractivity contribution in [3.05, 3.63) is 23.8 Å². The summed E-state index contributed by atoms with van der Waals surface area (Å²) in [7, 11) is 0. The molecule has 1 amide bonds. The normalized spacial score (nSPS) is 21.9. The van der Waals surface area contributed by atoms with Gasteiger partial charge in [0.25, 0.3) is 5.91 Å². The summed E-state index contributed by atoms with van der Waals surface area (Å²) in [5.74, 6) is -0.376. The zero-order chi connectivity index (χ0) is 14.0. The summed E-state index contributed by atoms with van der Waals surface area (Å²) in [6.07, 6.45) is 4.45. The van der Waals surface area contributed by atoms with Crippen LogP contribution in [0, 0.1) is 5.41 Å². The number of hydrogen-bond donors (Lipinski definition) is 3. The molecule has 4 nitrogen and oxygen atoms in total. The van der Waals surface area contributed by atoms with Crippen molar-refractivity contribution in [3.8, 4) is 5.75 Å². The number of carbonyl (C=O) groups excluding carboxylic acids is 1. The molecule has 0 radical (unpaired) electrons. The maximum Gasteiger partial charge on any atom is 0.255 e. The van der Waals surface area contributed by atoms with Crippen molar-refractivity contribution in [2.75, 3.05) is 5.73 Å². The molecule has 0 bridgehead atoms. The van der Waals surface area contributed by atoms with Gasteiger partial charge >= 0.3 is 0 Å². The largest absolute Gasteiger partial charge is 0.505 e. The van der Waals surface area contributed by atoms with Crippen LogP contribution in [0.5, 0.6) is 5.75 Å². The van der Waals surface area contributed by atoms with Crippen molar-refractivity contribution in [2.24, 2.45) is 5.41 Å². The van der Waals surface area contributed by atoms with Gasteiger partial charge in [0.05, 0.1) is 11.3 Å². The molecule has 1 fully saturated rings. The van der Waals surface area contributed by atoms with Crippen LogP contribution in [0.4, 0.5) is 5.69 Å². The van der Waals surface area contributed by atoms with Crippen LogP contribution in [0.1, 0.15) is 49.9 Å². The molecular weight excluding hydrogens is 240 g/mol. The van der Waals surface area contributed by atoms with Gasteiger partial charge in [0.2, 0.25) is 0 Å². The first-order chi connectivity index (χ1) is 8.92. The molecule has 1 aliphatic carbocycles. The van der Waals surface area contributed by atoms with E-state index >= 15 is 0 Å². The Morgan fingerprint density at radius 2 is 2.16 bits per heavy atom. The third kappa shape index (κ3) is 2.83. The number of nitrogen functional groups attached to an aromatic ring is 1. The summed E-state index contributed by atoms with van der Waals surface area (Å²) in [4.78, 5) is 12.2. The number of carbonyl (C=O) groups is 1. The van der Waals surface area contributed by atoms with E-state index < -0.39 is 0 Å². The van der Waals surface area contributed by atoms with E-state index in [-0.39, 0.29) is 34.4 Å². The van der Waals surface area contributed by atoms with Gasteiger partial charge in [-0.1, -0.05) is 32.8 Å². The highest BCUT2D eigenvalue weighted by Crippen LogP contribution is 2.36. The zero-order valence-electron chi connectivity index (χ0n) is 11.6. The minimum absolute atomic E-state index is 0.101. The second kappa shape index (κ2) is 5.11. The van der Waals surface area contributed by atoms with Crippen molar-refractivity contribution in [1.29, 1.82) is 0 Å². The monoisotopic (exact) mass is 262 g/mol. The lowest BCUT2D eigenvalue weighted by Gasteiger charge is -2.39. The molecule has 1 atom stereocenters. The molecule has 1 aromatic rings. The van der Waals surface area contributed by atoms with Crippen LogP contribution in [-0.4, -0.2) is 17.1 Å². The van der Waals surface area contributed by atoms with Crippen molar-refractivity contribution in [2.45, 2.75) is 45.6 Å². The fourth-order valence-corrected chi connectivity index (χ4v) is 2.74. The smallest absolute Gasteiger partial charge is 0.255 e. The number of phenols is 1. The summed E-state index contributed by atoms with van der Waals surface area (Å²) in [5.41, 5.74) is 6.20. The summed E-state index contributed by atoms with van der Waals surface area (Å²) in [6.45, 7) is 4.35. The highest BCUT2D eigenvalue weighted by atomic mass is 16.3. The number of hydrogen-bond acceptors (Lipinski definition) is 3. The number of nitrogens with two attached hydrogens (primary N) is 1. The molecule has 1 aliphatic rings. The topological polar surface area (TPSA) is 75.4 Å². The molecule has 1 aromatic carbocycles. The molecule has 2 rings (SSSR count). The van der Waals surface area contributed by atoms with E-state index in [4.69, 9.17) is 5.73 Å². The highest BCUT2D eigenvalue weighted by molar-refractivity contribution is 5.98. The van der Waals surface area contributed by atoms with Crippen molar-refractivity contribution >= 4 is 11.6 Å². The number of amides is 1. The zero-order valence-corrected chi connectivity index (χ0v) is 11.6. The number of phenolic OH excluding ortho intramolecular Hbond substituents is 1. The van der Waals surface area contributed by atoms with E-state index in [1.54, 1.807) is 18.2 Å². The summed E-state index contributed by atoms with van der Waals surface area (Å²) in [6, 6.07) is 5.00. The van der Waals surface area contributed by atoms with E-state index in [0.717, 1.165) is 19.3 Å². The van der Waals surface area contributed by atoms with Crippen molar-refractivity contribution in [1.82, 2.24) is 5.32 Å². The van der Waals surface area contributed by atoms with Crippen molar-refractivity contribution in [3.63, 3.8) is 0 Å². The Bertz CT molecular complexity index is 483. The maximum atomic E-state index is 12.2. The van der Waals surface area contributed by atoms with Crippen LogP contribution in [-0.2, 0) is 0 Å². The molecular formula is C15H22N2O2. The maximum absolute atomic E-state index is 12.2. The Labute approximate surface area is 114 Å². The SMILES string of the molecule is CC1(C)CCCCC1NC(=O)c1cccc(N)c1O. The number of anilines is 1. The highest BCUT2D eigenvalue weighted by Gasteiger charge is 2.33. The Hall–Kier alpha value is -1.71. The molecule has 19 heavy (non-hydrogen) atoms. The van der Waals surface area contributed by atoms with Gasteiger partial charge in [-0.05, 0) is 30.4 Å². The molecule has 1 saturated carbocycles. The van der Waals surface area contributed by atoms with Crippen LogP contribution in [0.25, 0.3) is 0 Å². The lowest BCUT2D eigenvalue weighted by Crippen LogP contribution is -2.46. The lowest BCUT2D eigenvalue weighted by molar-refractivity contribution is 0.0851. The van der Waals surface area contributed by atoms with E-state index in [0.29, 0.717) is 0 Å². The van der Waals surface area contributed by atoms with E-state index in [1.165, 1.54) is 6.42 Å². The summed E-state index contributed by atoms with van der Waals surface area (Å²) < 4.78 is 0. The second-order valence-corrected chi connectivity index (χ2v) is 6.00. The quantitative estimate of drug-likeness (QED) is 0.566. The number of nitrogens with one attached hydrogen (secondary N) is 1. The lowest BCUT2D eigenvalue weighted by atomic mass is 9.73. The molecule has 1 unspecified atom stereocenters. The molecule has 0 aliphatic heterocycles. The number of rotatable bonds is 2. The van der Waals surface area contributed by atoms with Gasteiger partial charge in [-0.15, -0.1) is 0 Å². The van der Waals surface area contributed by atoms with Gasteiger partial charge in [-0.25, -0.2) is 0 Å². The molecule has 0 aromatic heterocycles. The average Bonchev–Trinajstić information content (AvgIpc) is 2.35. The van der Waals surface area contributed by atoms with Gasteiger partial charge in [0, 0.05) is 6.04 Å². The Morgan fingerprint density at radius 3 is 2.84 bits per heavy atom. The van der Waals surface area contributed by atoms with Gasteiger partial charge in [-0.2, -0.15) is 0 Å². The van der Waals surface area contributed by atoms with Gasteiger partial charge in [-0.3, -0.25) is 4.79 Å². The second-order valence-electron chi connectivity index (χ2n) is 6.00. The number of aromatic hydroxyl groups is 1. The Balaban J connectivity index is 2.15. The molecule has 0 saturated heterocycles. The van der Waals surface area contributed by atoms with Gasteiger partial charge < -0.3 is 16.2 Å². The minimum Gasteiger partial charge on any atom is -0.505 e. The first-order valence-corrected chi connectivity index (χ1v) is 6.80. The van der Waals surface area contributed by atoms with E-state index in [2.05, 4.69) is 19.2 Å². The first-order valence-electron chi connectivity index (χ1n) is 6.80. The fourth-order valence-electron chi connectivity index (χ4n) is 2.74. The molecule has 0 heterocycles. The standard InChI is InChI=1S/C15H22N2O2/c1-15(2)9-4-3-8-12(15)17-14(19)10-6-5-7-11(16)13(10)18/h5-7,12,18H,3-4,8-9,16H2,1-2H3,(H,17,19). The fraction of sp³-hybridized carbons (Fsp3) is 0.533. The molecule has 104 valence electrons. The van der Waals surface area contributed by atoms with Crippen LogP contribution in [0.15, 0.2) is 18.2 Å². The van der Waals surface area contributed by atoms with Crippen LogP contribution >= 0.6 is 0 Å². The molecule has 0 spiro atoms. The number of benzene rings is 1. The van der Waals surface area contributed by atoms with Crippen LogP contribution in [0.3, 0.4) is 0 Å². The average molecular weight is 262 g/mol. The number of para-hydroxylation sites is 1. The predicted molar refractivity (Wildman–Crippen MR) is 76.0 cm³/mol. The van der Waals surface area contributed by atoms with Gasteiger partial charge in [0.1, 0.15) is 0 Å². The summed E-state index contributed by atoms with van der Waals surface area (Å²) >= 11 is 0. The minimum atomic E-state index is -0.246. The first kappa shape index (κ1) is 13.7. The molecule has 4 N–H and O–H groups in total. The van der Waals surface area contributed by atoms with Crippen molar-refractivity contribution < 1.29 is 9.90 Å². The van der Waals surface area contributed by atoms with E-state index in [9.17, 15) is 9.90 Å². The van der Waals surface area contributed by atoms with Crippen LogP contribution in [0.2, 0.25) is 0 Å². The Morgan fingerprint density at radius 1 is 1.42 bits per heavy atom. The molecule has 4 heteroatoms. The van der Waals surface area contributed by atoms with Gasteiger partial charge in [0.15, 0.2) is 5.75 Å². The third-order valence-corrected chi connectivity index (χ3v) is 4.12. The van der Waals surface area contributed by atoms with Crippen LogP contribution < -0.4 is 11.1 Å².